The van der Waals surface area contributed by atoms with E-state index in [0.29, 0.717) is 10.7 Å². The lowest BCUT2D eigenvalue weighted by Gasteiger charge is -2.10. The van der Waals surface area contributed by atoms with Gasteiger partial charge in [-0.1, -0.05) is 29.5 Å². The molecule has 0 aliphatic heterocycles. The average Bonchev–Trinajstić information content (AvgIpc) is 3.02. The summed E-state index contributed by atoms with van der Waals surface area (Å²) in [6.45, 7) is -2.94. The quantitative estimate of drug-likeness (QED) is 0.641. The minimum Gasteiger partial charge on any atom is -0.493 e. The van der Waals surface area contributed by atoms with Crippen molar-refractivity contribution in [2.24, 2.45) is 0 Å². The number of nitrogens with one attached hydrogen (secondary N) is 1. The lowest BCUT2D eigenvalue weighted by Crippen LogP contribution is -2.07. The number of amides is 1. The molecule has 3 rings (SSSR count). The van der Waals surface area contributed by atoms with Crippen LogP contribution in [0.3, 0.4) is 0 Å². The summed E-state index contributed by atoms with van der Waals surface area (Å²) >= 11 is 1.38. The topological polar surface area (TPSA) is 60.5 Å². The molecule has 1 heterocycles. The number of para-hydroxylation sites is 1. The summed E-state index contributed by atoms with van der Waals surface area (Å²) < 4.78 is 35.0. The number of aromatic nitrogens is 1. The lowest BCUT2D eigenvalue weighted by molar-refractivity contribution is -0.111. The predicted octanol–water partition coefficient (Wildman–Crippen LogP) is 4.56. The number of hydrogen-bond donors (Lipinski definition) is 1. The van der Waals surface area contributed by atoms with Crippen LogP contribution in [0.1, 0.15) is 5.56 Å². The second kappa shape index (κ2) is 7.92. The Morgan fingerprint density at radius 2 is 2.04 bits per heavy atom. The van der Waals surface area contributed by atoms with E-state index in [1.807, 2.05) is 24.3 Å². The molecule has 0 unspecified atom stereocenters. The van der Waals surface area contributed by atoms with Crippen molar-refractivity contribution in [3.63, 3.8) is 0 Å². The number of halogens is 2. The molecule has 0 bridgehead atoms. The van der Waals surface area contributed by atoms with Crippen LogP contribution in [0.2, 0.25) is 0 Å². The van der Waals surface area contributed by atoms with Crippen LogP contribution in [0.15, 0.2) is 48.5 Å². The first-order chi connectivity index (χ1) is 12.5. The maximum Gasteiger partial charge on any atom is 0.387 e. The molecule has 0 saturated heterocycles. The number of ether oxygens (including phenoxy) is 2. The standard InChI is InChI=1S/C18H14F2N2O3S/c1-24-14-10-11(6-8-13(14)25-17(19)20)7-9-16(23)22-18-21-12-4-2-3-5-15(12)26-18/h2-10,17H,1H3,(H,21,22,23)/b9-7+. The highest BCUT2D eigenvalue weighted by Gasteiger charge is 2.10. The Kier molecular flexibility index (Phi) is 5.43. The van der Waals surface area contributed by atoms with E-state index in [1.165, 1.54) is 42.7 Å². The van der Waals surface area contributed by atoms with Crippen molar-refractivity contribution in [1.82, 2.24) is 4.98 Å². The first-order valence-corrected chi connectivity index (χ1v) is 8.34. The van der Waals surface area contributed by atoms with Crippen molar-refractivity contribution < 1.29 is 23.0 Å². The predicted molar refractivity (Wildman–Crippen MR) is 96.9 cm³/mol. The Hall–Kier alpha value is -3.00. The highest BCUT2D eigenvalue weighted by molar-refractivity contribution is 7.22. The molecule has 0 aliphatic rings. The van der Waals surface area contributed by atoms with Crippen molar-refractivity contribution in [2.75, 3.05) is 12.4 Å². The monoisotopic (exact) mass is 376 g/mol. The first-order valence-electron chi connectivity index (χ1n) is 7.52. The number of anilines is 1. The zero-order chi connectivity index (χ0) is 18.5. The molecule has 134 valence electrons. The molecule has 0 fully saturated rings. The molecular weight excluding hydrogens is 362 g/mol. The van der Waals surface area contributed by atoms with E-state index in [-0.39, 0.29) is 17.4 Å². The number of carbonyl (C=O) groups excluding carboxylic acids is 1. The number of rotatable bonds is 6. The van der Waals surface area contributed by atoms with Gasteiger partial charge in [0.05, 0.1) is 17.3 Å². The number of fused-ring (bicyclic) bond motifs is 1. The van der Waals surface area contributed by atoms with E-state index in [4.69, 9.17) is 4.74 Å². The van der Waals surface area contributed by atoms with E-state index in [9.17, 15) is 13.6 Å². The number of benzene rings is 2. The minimum atomic E-state index is -2.94. The molecule has 2 aromatic carbocycles. The number of carbonyl (C=O) groups is 1. The minimum absolute atomic E-state index is 0.0708. The largest absolute Gasteiger partial charge is 0.493 e. The highest BCUT2D eigenvalue weighted by Crippen LogP contribution is 2.30. The van der Waals surface area contributed by atoms with Gasteiger partial charge in [-0.25, -0.2) is 4.98 Å². The molecule has 0 radical (unpaired) electrons. The van der Waals surface area contributed by atoms with Crippen molar-refractivity contribution in [2.45, 2.75) is 6.61 Å². The van der Waals surface area contributed by atoms with Gasteiger partial charge in [0, 0.05) is 6.08 Å². The molecule has 0 atom stereocenters. The summed E-state index contributed by atoms with van der Waals surface area (Å²) in [6.07, 6.45) is 2.87. The van der Waals surface area contributed by atoms with Crippen LogP contribution in [0, 0.1) is 0 Å². The molecule has 1 aromatic heterocycles. The Morgan fingerprint density at radius 3 is 2.77 bits per heavy atom. The van der Waals surface area contributed by atoms with E-state index in [0.717, 1.165) is 10.2 Å². The maximum absolute atomic E-state index is 12.3. The average molecular weight is 376 g/mol. The van der Waals surface area contributed by atoms with Crippen LogP contribution in [-0.2, 0) is 4.79 Å². The molecular formula is C18H14F2N2O3S. The van der Waals surface area contributed by atoms with Crippen LogP contribution in [0.5, 0.6) is 11.5 Å². The zero-order valence-electron chi connectivity index (χ0n) is 13.6. The molecule has 5 nitrogen and oxygen atoms in total. The molecule has 0 saturated carbocycles. The SMILES string of the molecule is COc1cc(/C=C/C(=O)Nc2nc3ccccc3s2)ccc1OC(F)F. The van der Waals surface area contributed by atoms with Crippen LogP contribution in [-0.4, -0.2) is 24.6 Å². The molecule has 0 spiro atoms. The lowest BCUT2D eigenvalue weighted by atomic mass is 10.2. The van der Waals surface area contributed by atoms with Crippen LogP contribution in [0.25, 0.3) is 16.3 Å². The molecule has 26 heavy (non-hydrogen) atoms. The van der Waals surface area contributed by atoms with Gasteiger partial charge in [0.15, 0.2) is 16.6 Å². The summed E-state index contributed by atoms with van der Waals surface area (Å²) in [5, 5.41) is 3.19. The van der Waals surface area contributed by atoms with Crippen molar-refractivity contribution in [1.29, 1.82) is 0 Å². The fraction of sp³-hybridized carbons (Fsp3) is 0.111. The van der Waals surface area contributed by atoms with Gasteiger partial charge < -0.3 is 9.47 Å². The number of methoxy groups -OCH3 is 1. The Balaban J connectivity index is 1.69. The second-order valence-electron chi connectivity index (χ2n) is 5.10. The molecule has 8 heteroatoms. The number of hydrogen-bond acceptors (Lipinski definition) is 5. The van der Waals surface area contributed by atoms with Gasteiger partial charge in [-0.2, -0.15) is 8.78 Å². The highest BCUT2D eigenvalue weighted by atomic mass is 32.1. The molecule has 1 amide bonds. The third-order valence-corrected chi connectivity index (χ3v) is 4.31. The smallest absolute Gasteiger partial charge is 0.387 e. The zero-order valence-corrected chi connectivity index (χ0v) is 14.4. The maximum atomic E-state index is 12.3. The normalized spacial score (nSPS) is 11.2. The van der Waals surface area contributed by atoms with E-state index >= 15 is 0 Å². The molecule has 0 aliphatic carbocycles. The number of nitrogens with zero attached hydrogens (tertiary/aromatic N) is 1. The Labute approximate surface area is 151 Å². The van der Waals surface area contributed by atoms with Gasteiger partial charge in [-0.3, -0.25) is 10.1 Å². The van der Waals surface area contributed by atoms with Crippen molar-refractivity contribution in [3.8, 4) is 11.5 Å². The van der Waals surface area contributed by atoms with Gasteiger partial charge in [-0.05, 0) is 35.9 Å². The third-order valence-electron chi connectivity index (χ3n) is 3.35. The van der Waals surface area contributed by atoms with Gasteiger partial charge in [-0.15, -0.1) is 0 Å². The first kappa shape index (κ1) is 17.8. The van der Waals surface area contributed by atoms with E-state index in [1.54, 1.807) is 6.07 Å². The van der Waals surface area contributed by atoms with E-state index < -0.39 is 6.61 Å². The van der Waals surface area contributed by atoms with E-state index in [2.05, 4.69) is 15.0 Å². The van der Waals surface area contributed by atoms with Crippen LogP contribution in [0.4, 0.5) is 13.9 Å². The Morgan fingerprint density at radius 1 is 1.23 bits per heavy atom. The summed E-state index contributed by atoms with van der Waals surface area (Å²) in [6, 6.07) is 12.0. The second-order valence-corrected chi connectivity index (χ2v) is 6.13. The fourth-order valence-corrected chi connectivity index (χ4v) is 3.09. The van der Waals surface area contributed by atoms with Gasteiger partial charge in [0.2, 0.25) is 5.91 Å². The van der Waals surface area contributed by atoms with Gasteiger partial charge >= 0.3 is 6.61 Å². The van der Waals surface area contributed by atoms with Gasteiger partial charge in [0.25, 0.3) is 0 Å². The molecule has 3 aromatic rings. The summed E-state index contributed by atoms with van der Waals surface area (Å²) in [7, 11) is 1.35. The summed E-state index contributed by atoms with van der Waals surface area (Å²) in [4.78, 5) is 16.4. The summed E-state index contributed by atoms with van der Waals surface area (Å²) in [5.74, 6) is -0.270. The summed E-state index contributed by atoms with van der Waals surface area (Å²) in [5.41, 5.74) is 1.42. The van der Waals surface area contributed by atoms with Gasteiger partial charge in [0.1, 0.15) is 0 Å². The molecule has 1 N–H and O–H groups in total. The van der Waals surface area contributed by atoms with Crippen LogP contribution >= 0.6 is 11.3 Å². The fourth-order valence-electron chi connectivity index (χ4n) is 2.23. The van der Waals surface area contributed by atoms with Crippen molar-refractivity contribution in [3.05, 3.63) is 54.1 Å². The third kappa shape index (κ3) is 4.34. The number of thiazole rings is 1. The number of alkyl halides is 2. The van der Waals surface area contributed by atoms with Crippen LogP contribution < -0.4 is 14.8 Å². The van der Waals surface area contributed by atoms with Crippen molar-refractivity contribution >= 4 is 38.7 Å². The Bertz CT molecular complexity index is 924.